The topological polar surface area (TPSA) is 85.3 Å². The van der Waals surface area contributed by atoms with Crippen LogP contribution in [-0.4, -0.2) is 27.1 Å². The molecule has 0 bridgehead atoms. The third-order valence-corrected chi connectivity index (χ3v) is 3.77. The van der Waals surface area contributed by atoms with Crippen molar-refractivity contribution in [3.63, 3.8) is 0 Å². The number of aryl methyl sites for hydroxylation is 1. The van der Waals surface area contributed by atoms with Crippen LogP contribution in [-0.2, 0) is 13.1 Å². The molecule has 128 valence electrons. The van der Waals surface area contributed by atoms with Crippen molar-refractivity contribution >= 4 is 5.69 Å². The van der Waals surface area contributed by atoms with Gasteiger partial charge in [0.1, 0.15) is 0 Å². The van der Waals surface area contributed by atoms with E-state index in [4.69, 9.17) is 4.42 Å². The van der Waals surface area contributed by atoms with Gasteiger partial charge in [0.25, 0.3) is 5.69 Å². The van der Waals surface area contributed by atoms with E-state index in [-0.39, 0.29) is 5.69 Å². The second-order valence-electron chi connectivity index (χ2n) is 5.96. The number of nitro benzene ring substituents is 1. The molecule has 0 spiro atoms. The number of hydrogen-bond acceptors (Lipinski definition) is 6. The third kappa shape index (κ3) is 4.27. The second kappa shape index (κ2) is 7.23. The molecule has 0 atom stereocenters. The fraction of sp³-hybridized carbons (Fsp3) is 0.222. The molecule has 0 aliphatic rings. The van der Waals surface area contributed by atoms with E-state index < -0.39 is 4.92 Å². The van der Waals surface area contributed by atoms with E-state index in [0.29, 0.717) is 23.9 Å². The van der Waals surface area contributed by atoms with Gasteiger partial charge in [-0.25, -0.2) is 0 Å². The maximum atomic E-state index is 10.7. The van der Waals surface area contributed by atoms with Gasteiger partial charge < -0.3 is 4.42 Å². The van der Waals surface area contributed by atoms with Crippen molar-refractivity contribution in [1.82, 2.24) is 15.1 Å². The zero-order valence-corrected chi connectivity index (χ0v) is 14.0. The smallest absolute Gasteiger partial charge is 0.269 e. The lowest BCUT2D eigenvalue weighted by Crippen LogP contribution is -2.17. The van der Waals surface area contributed by atoms with Crippen molar-refractivity contribution < 1.29 is 9.34 Å². The summed E-state index contributed by atoms with van der Waals surface area (Å²) >= 11 is 0. The molecule has 2 aromatic carbocycles. The van der Waals surface area contributed by atoms with Crippen molar-refractivity contribution in [3.8, 4) is 11.5 Å². The van der Waals surface area contributed by atoms with Crippen LogP contribution in [0.25, 0.3) is 11.5 Å². The number of rotatable bonds is 6. The Morgan fingerprint density at radius 2 is 1.72 bits per heavy atom. The number of hydrogen-bond donors (Lipinski definition) is 0. The molecule has 0 fully saturated rings. The minimum Gasteiger partial charge on any atom is -0.419 e. The molecule has 0 saturated heterocycles. The van der Waals surface area contributed by atoms with E-state index in [9.17, 15) is 10.1 Å². The van der Waals surface area contributed by atoms with Gasteiger partial charge in [-0.3, -0.25) is 15.0 Å². The van der Waals surface area contributed by atoms with Crippen molar-refractivity contribution in [3.05, 3.63) is 75.7 Å². The van der Waals surface area contributed by atoms with Gasteiger partial charge in [0, 0.05) is 24.2 Å². The maximum absolute atomic E-state index is 10.7. The zero-order chi connectivity index (χ0) is 17.8. The molecule has 1 aromatic heterocycles. The van der Waals surface area contributed by atoms with E-state index in [2.05, 4.69) is 46.3 Å². The van der Waals surface area contributed by atoms with Crippen LogP contribution < -0.4 is 0 Å². The first kappa shape index (κ1) is 16.8. The quantitative estimate of drug-likeness (QED) is 0.504. The SMILES string of the molecule is Cc1ccc(CN(C)Cc2nnc(-c3ccc([N+](=O)[O-])cc3)o2)cc1. The van der Waals surface area contributed by atoms with Crippen LogP contribution >= 0.6 is 0 Å². The Bertz CT molecular complexity index is 857. The molecular formula is C18H18N4O3. The molecule has 0 radical (unpaired) electrons. The van der Waals surface area contributed by atoms with Crippen LogP contribution in [0.2, 0.25) is 0 Å². The molecule has 3 aromatic rings. The molecule has 0 aliphatic heterocycles. The van der Waals surface area contributed by atoms with E-state index in [1.54, 1.807) is 12.1 Å². The van der Waals surface area contributed by atoms with Crippen LogP contribution in [0, 0.1) is 17.0 Å². The van der Waals surface area contributed by atoms with Gasteiger partial charge in [0.05, 0.1) is 11.5 Å². The Labute approximate surface area is 145 Å². The summed E-state index contributed by atoms with van der Waals surface area (Å²) in [5.41, 5.74) is 3.13. The third-order valence-electron chi connectivity index (χ3n) is 3.77. The first-order valence-corrected chi connectivity index (χ1v) is 7.82. The zero-order valence-electron chi connectivity index (χ0n) is 14.0. The summed E-state index contributed by atoms with van der Waals surface area (Å²) in [7, 11) is 1.98. The average molecular weight is 338 g/mol. The van der Waals surface area contributed by atoms with Crippen LogP contribution in [0.4, 0.5) is 5.69 Å². The summed E-state index contributed by atoms with van der Waals surface area (Å²) in [6.07, 6.45) is 0. The molecule has 0 saturated carbocycles. The molecule has 25 heavy (non-hydrogen) atoms. The Balaban J connectivity index is 1.64. The summed E-state index contributed by atoms with van der Waals surface area (Å²) in [6.45, 7) is 3.36. The summed E-state index contributed by atoms with van der Waals surface area (Å²) in [5, 5.41) is 18.8. The predicted octanol–water partition coefficient (Wildman–Crippen LogP) is 3.59. The van der Waals surface area contributed by atoms with Gasteiger partial charge in [-0.2, -0.15) is 0 Å². The van der Waals surface area contributed by atoms with Crippen molar-refractivity contribution in [1.29, 1.82) is 0 Å². The highest BCUT2D eigenvalue weighted by atomic mass is 16.6. The van der Waals surface area contributed by atoms with Crippen LogP contribution in [0.5, 0.6) is 0 Å². The van der Waals surface area contributed by atoms with Gasteiger partial charge in [-0.05, 0) is 31.7 Å². The Hall–Kier alpha value is -3.06. The van der Waals surface area contributed by atoms with E-state index in [0.717, 1.165) is 6.54 Å². The maximum Gasteiger partial charge on any atom is 0.269 e. The summed E-state index contributed by atoms with van der Waals surface area (Å²) in [5.74, 6) is 0.858. The molecular weight excluding hydrogens is 320 g/mol. The second-order valence-corrected chi connectivity index (χ2v) is 5.96. The molecule has 0 N–H and O–H groups in total. The van der Waals surface area contributed by atoms with Crippen LogP contribution in [0.15, 0.2) is 52.9 Å². The molecule has 0 amide bonds. The summed E-state index contributed by atoms with van der Waals surface area (Å²) < 4.78 is 5.66. The van der Waals surface area contributed by atoms with Gasteiger partial charge in [0.2, 0.25) is 11.8 Å². The molecule has 3 rings (SSSR count). The molecule has 7 nitrogen and oxygen atoms in total. The van der Waals surface area contributed by atoms with E-state index in [1.807, 2.05) is 7.05 Å². The Kier molecular flexibility index (Phi) is 4.85. The number of benzene rings is 2. The first-order chi connectivity index (χ1) is 12.0. The molecule has 0 unspecified atom stereocenters. The molecule has 0 aliphatic carbocycles. The summed E-state index contributed by atoms with van der Waals surface area (Å²) in [6, 6.07) is 14.4. The standard InChI is InChI=1S/C18H18N4O3/c1-13-3-5-14(6-4-13)11-21(2)12-17-19-20-18(25-17)15-7-9-16(10-8-15)22(23)24/h3-10H,11-12H2,1-2H3. The highest BCUT2D eigenvalue weighted by molar-refractivity contribution is 5.55. The number of nitro groups is 1. The highest BCUT2D eigenvalue weighted by Crippen LogP contribution is 2.21. The molecule has 1 heterocycles. The van der Waals surface area contributed by atoms with E-state index in [1.165, 1.54) is 23.3 Å². The normalized spacial score (nSPS) is 11.0. The largest absolute Gasteiger partial charge is 0.419 e. The lowest BCUT2D eigenvalue weighted by Gasteiger charge is -2.14. The number of nitrogens with zero attached hydrogens (tertiary/aromatic N) is 4. The Morgan fingerprint density at radius 3 is 2.36 bits per heavy atom. The van der Waals surface area contributed by atoms with Crippen molar-refractivity contribution in [2.75, 3.05) is 7.05 Å². The first-order valence-electron chi connectivity index (χ1n) is 7.82. The fourth-order valence-electron chi connectivity index (χ4n) is 2.45. The van der Waals surface area contributed by atoms with Gasteiger partial charge in [0.15, 0.2) is 0 Å². The monoisotopic (exact) mass is 338 g/mol. The molecule has 7 heteroatoms. The van der Waals surface area contributed by atoms with Crippen molar-refractivity contribution in [2.24, 2.45) is 0 Å². The van der Waals surface area contributed by atoms with Crippen molar-refractivity contribution in [2.45, 2.75) is 20.0 Å². The lowest BCUT2D eigenvalue weighted by molar-refractivity contribution is -0.384. The highest BCUT2D eigenvalue weighted by Gasteiger charge is 2.12. The lowest BCUT2D eigenvalue weighted by atomic mass is 10.1. The van der Waals surface area contributed by atoms with Crippen LogP contribution in [0.3, 0.4) is 0 Å². The van der Waals surface area contributed by atoms with Gasteiger partial charge in [-0.15, -0.1) is 10.2 Å². The van der Waals surface area contributed by atoms with E-state index >= 15 is 0 Å². The number of non-ortho nitro benzene ring substituents is 1. The van der Waals surface area contributed by atoms with Crippen LogP contribution in [0.1, 0.15) is 17.0 Å². The summed E-state index contributed by atoms with van der Waals surface area (Å²) in [4.78, 5) is 12.3. The van der Waals surface area contributed by atoms with Gasteiger partial charge >= 0.3 is 0 Å². The number of aromatic nitrogens is 2. The predicted molar refractivity (Wildman–Crippen MR) is 92.7 cm³/mol. The average Bonchev–Trinajstić information content (AvgIpc) is 3.05. The Morgan fingerprint density at radius 1 is 1.04 bits per heavy atom. The fourth-order valence-corrected chi connectivity index (χ4v) is 2.45. The minimum absolute atomic E-state index is 0.0290. The van der Waals surface area contributed by atoms with Gasteiger partial charge in [-0.1, -0.05) is 29.8 Å². The minimum atomic E-state index is -0.441.